The highest BCUT2D eigenvalue weighted by Gasteiger charge is 2.51. The van der Waals surface area contributed by atoms with E-state index in [2.05, 4.69) is 49.2 Å². The van der Waals surface area contributed by atoms with E-state index >= 15 is 0 Å². The second-order valence-corrected chi connectivity index (χ2v) is 9.08. The summed E-state index contributed by atoms with van der Waals surface area (Å²) in [6.07, 6.45) is 5.16. The highest BCUT2D eigenvalue weighted by Crippen LogP contribution is 2.52. The van der Waals surface area contributed by atoms with Crippen molar-refractivity contribution in [3.63, 3.8) is 0 Å². The zero-order valence-electron chi connectivity index (χ0n) is 16.3. The summed E-state index contributed by atoms with van der Waals surface area (Å²) in [4.78, 5) is 14.0. The van der Waals surface area contributed by atoms with Gasteiger partial charge in [-0.05, 0) is 67.5 Å². The predicted molar refractivity (Wildman–Crippen MR) is 103 cm³/mol. The second-order valence-electron chi connectivity index (χ2n) is 9.08. The quantitative estimate of drug-likeness (QED) is 0.848. The van der Waals surface area contributed by atoms with E-state index in [1.54, 1.807) is 0 Å². The first-order chi connectivity index (χ1) is 12.4. The van der Waals surface area contributed by atoms with Gasteiger partial charge >= 0.3 is 5.97 Å². The molecule has 2 aliphatic carbocycles. The normalized spacial score (nSPS) is 34.2. The molecule has 2 N–H and O–H groups in total. The van der Waals surface area contributed by atoms with Crippen molar-refractivity contribution in [1.82, 2.24) is 10.2 Å². The van der Waals surface area contributed by atoms with Gasteiger partial charge in [0.1, 0.15) is 0 Å². The summed E-state index contributed by atoms with van der Waals surface area (Å²) in [5.74, 6) is 0.581. The van der Waals surface area contributed by atoms with Gasteiger partial charge in [-0.2, -0.15) is 0 Å². The Hall–Kier alpha value is -1.39. The third kappa shape index (κ3) is 3.07. The summed E-state index contributed by atoms with van der Waals surface area (Å²) in [5.41, 5.74) is 4.24. The van der Waals surface area contributed by atoms with Crippen molar-refractivity contribution in [3.05, 3.63) is 34.9 Å². The molecule has 0 spiro atoms. The lowest BCUT2D eigenvalue weighted by Crippen LogP contribution is -2.56. The van der Waals surface area contributed by atoms with Crippen molar-refractivity contribution in [3.8, 4) is 0 Å². The van der Waals surface area contributed by atoms with Gasteiger partial charge in [0.15, 0.2) is 0 Å². The average molecular weight is 357 g/mol. The first-order valence-corrected chi connectivity index (χ1v) is 10.2. The maximum Gasteiger partial charge on any atom is 0.317 e. The van der Waals surface area contributed by atoms with Crippen molar-refractivity contribution in [2.75, 3.05) is 19.6 Å². The van der Waals surface area contributed by atoms with Crippen LogP contribution in [0.4, 0.5) is 0 Å². The van der Waals surface area contributed by atoms with Crippen LogP contribution in [0.25, 0.3) is 0 Å². The number of aryl methyl sites for hydroxylation is 1. The minimum absolute atomic E-state index is 0.0230. The standard InChI is InChI=1S/C22H32N2O2/c1-14-5-8-17-18(11-14)22(3)9-4-10-24(13-16-6-7-16)21(15(22)2)20(17)23-12-19(25)26/h5,8,11,15-16,20-21,23H,4,6-7,9-10,12-13H2,1-3H3,(H,25,26)/t15-,20?,21-,22-/m0/s1. The average Bonchev–Trinajstić information content (AvgIpc) is 3.40. The molecule has 1 saturated heterocycles. The van der Waals surface area contributed by atoms with E-state index in [9.17, 15) is 9.90 Å². The monoisotopic (exact) mass is 356 g/mol. The van der Waals surface area contributed by atoms with Crippen LogP contribution in [0.5, 0.6) is 0 Å². The molecule has 0 amide bonds. The Morgan fingerprint density at radius 2 is 2.15 bits per heavy atom. The van der Waals surface area contributed by atoms with Gasteiger partial charge in [-0.15, -0.1) is 0 Å². The number of nitrogens with one attached hydrogen (secondary N) is 1. The Kier molecular flexibility index (Phi) is 4.60. The predicted octanol–water partition coefficient (Wildman–Crippen LogP) is 3.49. The molecule has 4 rings (SSSR count). The fourth-order valence-electron chi connectivity index (χ4n) is 5.49. The number of hydrogen-bond donors (Lipinski definition) is 2. The molecular weight excluding hydrogens is 324 g/mol. The molecule has 4 atom stereocenters. The van der Waals surface area contributed by atoms with Crippen LogP contribution in [-0.4, -0.2) is 41.7 Å². The van der Waals surface area contributed by atoms with Gasteiger partial charge in [0.2, 0.25) is 0 Å². The summed E-state index contributed by atoms with van der Waals surface area (Å²) in [6, 6.07) is 7.26. The van der Waals surface area contributed by atoms with Gasteiger partial charge in [0, 0.05) is 18.6 Å². The fraction of sp³-hybridized carbons (Fsp3) is 0.682. The van der Waals surface area contributed by atoms with Gasteiger partial charge in [0.25, 0.3) is 0 Å². The minimum atomic E-state index is -0.776. The van der Waals surface area contributed by atoms with Crippen LogP contribution in [0.3, 0.4) is 0 Å². The summed E-state index contributed by atoms with van der Waals surface area (Å²) < 4.78 is 0. The summed E-state index contributed by atoms with van der Waals surface area (Å²) >= 11 is 0. The van der Waals surface area contributed by atoms with E-state index in [1.165, 1.54) is 48.9 Å². The van der Waals surface area contributed by atoms with Crippen LogP contribution in [0.15, 0.2) is 18.2 Å². The molecule has 3 aliphatic rings. The van der Waals surface area contributed by atoms with E-state index < -0.39 is 5.97 Å². The number of aliphatic carboxylic acids is 1. The lowest BCUT2D eigenvalue weighted by Gasteiger charge is -2.51. The number of carboxylic acid groups (broad SMARTS) is 1. The smallest absolute Gasteiger partial charge is 0.317 e. The zero-order chi connectivity index (χ0) is 18.5. The van der Waals surface area contributed by atoms with Crippen molar-refractivity contribution in [2.24, 2.45) is 11.8 Å². The number of rotatable bonds is 5. The highest BCUT2D eigenvalue weighted by atomic mass is 16.4. The van der Waals surface area contributed by atoms with Crippen molar-refractivity contribution in [1.29, 1.82) is 0 Å². The molecule has 4 nitrogen and oxygen atoms in total. The van der Waals surface area contributed by atoms with Gasteiger partial charge in [-0.25, -0.2) is 0 Å². The number of carboxylic acids is 1. The number of carbonyl (C=O) groups is 1. The van der Waals surface area contributed by atoms with Crippen molar-refractivity contribution >= 4 is 5.97 Å². The second kappa shape index (κ2) is 6.65. The first-order valence-electron chi connectivity index (χ1n) is 10.2. The maximum absolute atomic E-state index is 11.3. The van der Waals surface area contributed by atoms with Gasteiger partial charge in [0.05, 0.1) is 6.54 Å². The molecule has 26 heavy (non-hydrogen) atoms. The van der Waals surface area contributed by atoms with E-state index in [0.29, 0.717) is 12.0 Å². The Morgan fingerprint density at radius 3 is 2.85 bits per heavy atom. The van der Waals surface area contributed by atoms with Gasteiger partial charge in [-0.1, -0.05) is 37.6 Å². The molecule has 1 unspecified atom stereocenters. The minimum Gasteiger partial charge on any atom is -0.480 e. The Bertz CT molecular complexity index is 699. The molecule has 0 aromatic heterocycles. The molecular formula is C22H32N2O2. The van der Waals surface area contributed by atoms with E-state index in [1.807, 2.05) is 0 Å². The van der Waals surface area contributed by atoms with Gasteiger partial charge in [-0.3, -0.25) is 15.0 Å². The molecule has 2 bridgehead atoms. The summed E-state index contributed by atoms with van der Waals surface area (Å²) in [7, 11) is 0. The number of likely N-dealkylation sites (tertiary alicyclic amines) is 1. The Morgan fingerprint density at radius 1 is 1.38 bits per heavy atom. The van der Waals surface area contributed by atoms with E-state index in [0.717, 1.165) is 12.5 Å². The lowest BCUT2D eigenvalue weighted by atomic mass is 9.60. The molecule has 4 heteroatoms. The molecule has 1 heterocycles. The number of nitrogens with zero attached hydrogens (tertiary/aromatic N) is 1. The van der Waals surface area contributed by atoms with Crippen LogP contribution in [-0.2, 0) is 10.2 Å². The van der Waals surface area contributed by atoms with Crippen molar-refractivity contribution in [2.45, 2.75) is 64.0 Å². The number of fused-ring (bicyclic) bond motifs is 4. The molecule has 0 radical (unpaired) electrons. The third-order valence-electron chi connectivity index (χ3n) is 7.24. The fourth-order valence-corrected chi connectivity index (χ4v) is 5.49. The number of benzene rings is 1. The molecule has 142 valence electrons. The van der Waals surface area contributed by atoms with Gasteiger partial charge < -0.3 is 5.11 Å². The van der Waals surface area contributed by atoms with Crippen LogP contribution in [0.1, 0.15) is 62.3 Å². The Labute approximate surface area is 157 Å². The van der Waals surface area contributed by atoms with Crippen LogP contribution in [0.2, 0.25) is 0 Å². The zero-order valence-corrected chi connectivity index (χ0v) is 16.3. The summed E-state index contributed by atoms with van der Waals surface area (Å²) in [5, 5.41) is 12.7. The third-order valence-corrected chi connectivity index (χ3v) is 7.24. The maximum atomic E-state index is 11.3. The van der Waals surface area contributed by atoms with Crippen molar-refractivity contribution < 1.29 is 9.90 Å². The highest BCUT2D eigenvalue weighted by molar-refractivity contribution is 5.69. The molecule has 2 fully saturated rings. The lowest BCUT2D eigenvalue weighted by molar-refractivity contribution is -0.136. The largest absolute Gasteiger partial charge is 0.480 e. The Balaban J connectivity index is 1.79. The van der Waals surface area contributed by atoms with Crippen LogP contribution >= 0.6 is 0 Å². The molecule has 1 aromatic carbocycles. The number of hydrogen-bond acceptors (Lipinski definition) is 3. The van der Waals surface area contributed by atoms with E-state index in [-0.39, 0.29) is 18.0 Å². The molecule has 1 aliphatic heterocycles. The van der Waals surface area contributed by atoms with Crippen LogP contribution < -0.4 is 5.32 Å². The summed E-state index contributed by atoms with van der Waals surface area (Å²) in [6.45, 7) is 9.34. The molecule has 1 saturated carbocycles. The van der Waals surface area contributed by atoms with E-state index in [4.69, 9.17) is 0 Å². The first kappa shape index (κ1) is 18.0. The SMILES string of the molecule is Cc1ccc2c(c1)[C@@]1(C)CCCN(CC3CC3)[C@H](C2NCC(=O)O)[C@@H]1C. The van der Waals surface area contributed by atoms with Crippen LogP contribution in [0, 0.1) is 18.8 Å². The molecule has 1 aromatic rings. The topological polar surface area (TPSA) is 52.6 Å².